The lowest BCUT2D eigenvalue weighted by Gasteiger charge is -2.23. The molecule has 1 aromatic rings. The second-order valence-electron chi connectivity index (χ2n) is 5.51. The van der Waals surface area contributed by atoms with Crippen molar-refractivity contribution in [3.05, 3.63) is 11.8 Å². The number of likely N-dealkylation sites (N-methyl/N-ethyl adjacent to an activating group) is 1. The van der Waals surface area contributed by atoms with Crippen LogP contribution in [0.3, 0.4) is 0 Å². The Hall–Kier alpha value is -1.93. The molecule has 0 radical (unpaired) electrons. The first-order valence-electron chi connectivity index (χ1n) is 7.51. The number of nitrogens with two attached hydrogens (primary N) is 1. The van der Waals surface area contributed by atoms with Crippen molar-refractivity contribution < 1.29 is 9.90 Å². The van der Waals surface area contributed by atoms with Gasteiger partial charge in [0.15, 0.2) is 0 Å². The molecule has 1 aromatic heterocycles. The summed E-state index contributed by atoms with van der Waals surface area (Å²) in [6.45, 7) is 6.93. The molecule has 22 heavy (non-hydrogen) atoms. The van der Waals surface area contributed by atoms with Crippen molar-refractivity contribution in [1.82, 2.24) is 20.2 Å². The molecule has 1 fully saturated rings. The molecule has 8 heteroatoms. The summed E-state index contributed by atoms with van der Waals surface area (Å²) in [4.78, 5) is 23.9. The predicted molar refractivity (Wildman–Crippen MR) is 84.5 cm³/mol. The average Bonchev–Trinajstić information content (AvgIpc) is 2.59. The van der Waals surface area contributed by atoms with E-state index >= 15 is 0 Å². The van der Waals surface area contributed by atoms with Crippen LogP contribution in [-0.4, -0.2) is 71.3 Å². The third kappa shape index (κ3) is 4.54. The van der Waals surface area contributed by atoms with Crippen LogP contribution in [0.4, 0.5) is 11.8 Å². The highest BCUT2D eigenvalue weighted by Crippen LogP contribution is 2.16. The van der Waals surface area contributed by atoms with Crippen LogP contribution in [0.2, 0.25) is 0 Å². The topological polar surface area (TPSA) is 108 Å². The van der Waals surface area contributed by atoms with Crippen molar-refractivity contribution in [2.75, 3.05) is 49.9 Å². The number of aliphatic hydroxyl groups excluding tert-OH is 1. The van der Waals surface area contributed by atoms with Crippen LogP contribution < -0.4 is 16.0 Å². The van der Waals surface area contributed by atoms with E-state index in [1.165, 1.54) is 0 Å². The van der Waals surface area contributed by atoms with Crippen LogP contribution in [-0.2, 0) is 4.79 Å². The maximum atomic E-state index is 11.7. The van der Waals surface area contributed by atoms with Gasteiger partial charge in [0, 0.05) is 44.5 Å². The fraction of sp³-hybridized carbons (Fsp3) is 0.643. The van der Waals surface area contributed by atoms with Crippen molar-refractivity contribution in [3.63, 3.8) is 0 Å². The Labute approximate surface area is 130 Å². The number of nitrogens with one attached hydrogen (secondary N) is 1. The number of amides is 1. The number of hydrogen-bond donors (Lipinski definition) is 3. The Kier molecular flexibility index (Phi) is 5.51. The maximum Gasteiger partial charge on any atom is 0.234 e. The average molecular weight is 308 g/mol. The number of β-amino-alcohol motifs (C(OH)–C–C–N with tert-alkyl or cyclic N) is 1. The van der Waals surface area contributed by atoms with Crippen LogP contribution in [0, 0.1) is 6.92 Å². The molecular formula is C14H24N6O2. The molecule has 122 valence electrons. The van der Waals surface area contributed by atoms with Crippen molar-refractivity contribution in [2.24, 2.45) is 0 Å². The van der Waals surface area contributed by atoms with E-state index in [-0.39, 0.29) is 11.9 Å². The van der Waals surface area contributed by atoms with E-state index < -0.39 is 6.10 Å². The first kappa shape index (κ1) is 16.4. The summed E-state index contributed by atoms with van der Waals surface area (Å²) in [5.41, 5.74) is 6.48. The van der Waals surface area contributed by atoms with Gasteiger partial charge in [-0.05, 0) is 13.8 Å². The lowest BCUT2D eigenvalue weighted by molar-refractivity contribution is -0.122. The van der Waals surface area contributed by atoms with Gasteiger partial charge in [0.1, 0.15) is 5.82 Å². The second kappa shape index (κ2) is 7.37. The lowest BCUT2D eigenvalue weighted by atomic mass is 10.3. The molecule has 1 atom stereocenters. The van der Waals surface area contributed by atoms with Crippen LogP contribution in [0.5, 0.6) is 0 Å². The number of carbonyl (C=O) groups excluding carboxylic acids is 1. The van der Waals surface area contributed by atoms with Gasteiger partial charge in [-0.3, -0.25) is 9.69 Å². The number of carbonyl (C=O) groups is 1. The number of hydrogen-bond acceptors (Lipinski definition) is 7. The van der Waals surface area contributed by atoms with E-state index in [0.717, 1.165) is 5.69 Å². The number of rotatable bonds is 4. The van der Waals surface area contributed by atoms with Crippen molar-refractivity contribution >= 4 is 17.7 Å². The third-order valence-electron chi connectivity index (χ3n) is 3.51. The summed E-state index contributed by atoms with van der Waals surface area (Å²) in [6, 6.07) is 1.85. The third-order valence-corrected chi connectivity index (χ3v) is 3.51. The lowest BCUT2D eigenvalue weighted by Crippen LogP contribution is -2.41. The highest BCUT2D eigenvalue weighted by atomic mass is 16.3. The van der Waals surface area contributed by atoms with Gasteiger partial charge in [-0.15, -0.1) is 0 Å². The highest BCUT2D eigenvalue weighted by Gasteiger charge is 2.23. The number of nitrogen functional groups attached to an aromatic ring is 1. The van der Waals surface area contributed by atoms with Gasteiger partial charge in [0.25, 0.3) is 0 Å². The van der Waals surface area contributed by atoms with Crippen LogP contribution >= 0.6 is 0 Å². The second-order valence-corrected chi connectivity index (χ2v) is 5.51. The van der Waals surface area contributed by atoms with Crippen molar-refractivity contribution in [3.8, 4) is 0 Å². The zero-order chi connectivity index (χ0) is 16.1. The zero-order valence-electron chi connectivity index (χ0n) is 13.1. The number of anilines is 2. The standard InChI is InChI=1S/C14H24N6O2/c1-3-16-13(22)9-19-4-5-20(8-11(21)7-19)12-6-10(2)17-14(15)18-12/h6,11,21H,3-5,7-9H2,1-2H3,(H,16,22)(H2,15,17,18)/t11-/m1/s1. The molecule has 1 saturated heterocycles. The molecule has 4 N–H and O–H groups in total. The van der Waals surface area contributed by atoms with E-state index in [9.17, 15) is 9.90 Å². The van der Waals surface area contributed by atoms with E-state index in [1.807, 2.05) is 29.7 Å². The van der Waals surface area contributed by atoms with Crippen molar-refractivity contribution in [1.29, 1.82) is 0 Å². The normalized spacial score (nSPS) is 19.8. The summed E-state index contributed by atoms with van der Waals surface area (Å²) < 4.78 is 0. The maximum absolute atomic E-state index is 11.7. The Bertz CT molecular complexity index is 504. The molecule has 2 rings (SSSR count). The minimum Gasteiger partial charge on any atom is -0.390 e. The fourth-order valence-electron chi connectivity index (χ4n) is 2.60. The van der Waals surface area contributed by atoms with Gasteiger partial charge in [0.05, 0.1) is 12.6 Å². The molecular weight excluding hydrogens is 284 g/mol. The number of aryl methyl sites for hydroxylation is 1. The monoisotopic (exact) mass is 308 g/mol. The number of aliphatic hydroxyl groups is 1. The van der Waals surface area contributed by atoms with Gasteiger partial charge < -0.3 is 21.1 Å². The Morgan fingerprint density at radius 3 is 2.91 bits per heavy atom. The largest absolute Gasteiger partial charge is 0.390 e. The Balaban J connectivity index is 2.03. The Morgan fingerprint density at radius 2 is 2.23 bits per heavy atom. The first-order chi connectivity index (χ1) is 10.5. The SMILES string of the molecule is CCNC(=O)CN1CCN(c2cc(C)nc(N)n2)C[C@H](O)C1. The van der Waals surface area contributed by atoms with Gasteiger partial charge in [-0.25, -0.2) is 4.98 Å². The van der Waals surface area contributed by atoms with Gasteiger partial charge in [-0.2, -0.15) is 4.98 Å². The summed E-state index contributed by atoms with van der Waals surface area (Å²) in [5, 5.41) is 13.0. The fourth-order valence-corrected chi connectivity index (χ4v) is 2.60. The summed E-state index contributed by atoms with van der Waals surface area (Å²) in [6.07, 6.45) is -0.548. The molecule has 2 heterocycles. The number of nitrogens with zero attached hydrogens (tertiary/aromatic N) is 4. The quantitative estimate of drug-likeness (QED) is 0.654. The Morgan fingerprint density at radius 1 is 1.45 bits per heavy atom. The molecule has 1 aliphatic rings. The molecule has 8 nitrogen and oxygen atoms in total. The van der Waals surface area contributed by atoms with Gasteiger partial charge in [-0.1, -0.05) is 0 Å². The molecule has 1 amide bonds. The molecule has 0 aromatic carbocycles. The molecule has 0 spiro atoms. The smallest absolute Gasteiger partial charge is 0.234 e. The highest BCUT2D eigenvalue weighted by molar-refractivity contribution is 5.77. The van der Waals surface area contributed by atoms with Gasteiger partial charge in [0.2, 0.25) is 11.9 Å². The van der Waals surface area contributed by atoms with E-state index in [4.69, 9.17) is 5.73 Å². The van der Waals surface area contributed by atoms with E-state index in [2.05, 4.69) is 15.3 Å². The predicted octanol–water partition coefficient (Wildman–Crippen LogP) is -1.01. The van der Waals surface area contributed by atoms with Crippen LogP contribution in [0.15, 0.2) is 6.07 Å². The summed E-state index contributed by atoms with van der Waals surface area (Å²) in [5.74, 6) is 0.919. The minimum absolute atomic E-state index is 0.0229. The minimum atomic E-state index is -0.548. The molecule has 0 aliphatic carbocycles. The first-order valence-corrected chi connectivity index (χ1v) is 7.51. The van der Waals surface area contributed by atoms with E-state index in [1.54, 1.807) is 0 Å². The number of aromatic nitrogens is 2. The zero-order valence-corrected chi connectivity index (χ0v) is 13.1. The summed E-state index contributed by atoms with van der Waals surface area (Å²) >= 11 is 0. The van der Waals surface area contributed by atoms with Gasteiger partial charge >= 0.3 is 0 Å². The summed E-state index contributed by atoms with van der Waals surface area (Å²) in [7, 11) is 0. The molecule has 0 saturated carbocycles. The van der Waals surface area contributed by atoms with Crippen molar-refractivity contribution in [2.45, 2.75) is 20.0 Å². The van der Waals surface area contributed by atoms with Crippen LogP contribution in [0.25, 0.3) is 0 Å². The van der Waals surface area contributed by atoms with E-state index in [0.29, 0.717) is 45.1 Å². The molecule has 1 aliphatic heterocycles. The molecule has 0 unspecified atom stereocenters. The van der Waals surface area contributed by atoms with Crippen LogP contribution in [0.1, 0.15) is 12.6 Å². The molecule has 0 bridgehead atoms.